The number of hydrogen-bond acceptors (Lipinski definition) is 1. The van der Waals surface area contributed by atoms with Crippen molar-refractivity contribution in [3.8, 4) is 83.6 Å². The summed E-state index contributed by atoms with van der Waals surface area (Å²) in [5.41, 5.74) is 23.6. The smallest absolute Gasteiger partial charge is 0.0541 e. The number of nitrogens with zero attached hydrogens (tertiary/aromatic N) is 2. The molecule has 1 heterocycles. The zero-order valence-corrected chi connectivity index (χ0v) is 45.1. The maximum Gasteiger partial charge on any atom is 0.0541 e. The second-order valence-corrected chi connectivity index (χ2v) is 21.1. The monoisotopic (exact) mass is 1040 g/mol. The van der Waals surface area contributed by atoms with Gasteiger partial charge in [-0.05, 0) is 178 Å². The lowest BCUT2D eigenvalue weighted by molar-refractivity contribution is 1.17. The van der Waals surface area contributed by atoms with Crippen molar-refractivity contribution in [2.45, 2.75) is 0 Å². The molecule has 0 saturated carbocycles. The van der Waals surface area contributed by atoms with E-state index in [0.717, 1.165) is 39.3 Å². The molecule has 0 aliphatic carbocycles. The predicted molar refractivity (Wildman–Crippen MR) is 349 cm³/mol. The molecule has 1 aromatic heterocycles. The van der Waals surface area contributed by atoms with E-state index in [4.69, 9.17) is 0 Å². The van der Waals surface area contributed by atoms with Crippen LogP contribution < -0.4 is 4.90 Å². The van der Waals surface area contributed by atoms with Gasteiger partial charge >= 0.3 is 0 Å². The fourth-order valence-electron chi connectivity index (χ4n) is 12.6. The Morgan fingerprint density at radius 1 is 0.195 bits per heavy atom. The zero-order chi connectivity index (χ0) is 54.3. The van der Waals surface area contributed by atoms with Crippen molar-refractivity contribution < 1.29 is 0 Å². The summed E-state index contributed by atoms with van der Waals surface area (Å²) < 4.78 is 2.44. The Bertz CT molecular complexity index is 4660. The molecule has 14 aromatic carbocycles. The third kappa shape index (κ3) is 8.62. The summed E-state index contributed by atoms with van der Waals surface area (Å²) in [6.45, 7) is 0. The summed E-state index contributed by atoms with van der Waals surface area (Å²) in [5.74, 6) is 0. The van der Waals surface area contributed by atoms with Crippen LogP contribution in [0.15, 0.2) is 328 Å². The van der Waals surface area contributed by atoms with E-state index in [1.165, 1.54) is 105 Å². The van der Waals surface area contributed by atoms with Crippen LogP contribution in [0.3, 0.4) is 0 Å². The Hall–Kier alpha value is -10.8. The summed E-state index contributed by atoms with van der Waals surface area (Å²) in [5, 5.41) is 7.40. The molecule has 0 aliphatic rings. The molecule has 0 unspecified atom stereocenters. The first-order chi connectivity index (χ1) is 40.7. The summed E-state index contributed by atoms with van der Waals surface area (Å²) in [7, 11) is 0. The van der Waals surface area contributed by atoms with E-state index in [9.17, 15) is 0 Å². The maximum absolute atomic E-state index is 2.44. The topological polar surface area (TPSA) is 8.17 Å². The zero-order valence-electron chi connectivity index (χ0n) is 45.1. The van der Waals surface area contributed by atoms with Crippen molar-refractivity contribution in [2.24, 2.45) is 0 Å². The van der Waals surface area contributed by atoms with Crippen LogP contribution in [0.1, 0.15) is 0 Å². The molecule has 384 valence electrons. The molecule has 0 spiro atoms. The van der Waals surface area contributed by atoms with Crippen LogP contribution in [-0.2, 0) is 0 Å². The lowest BCUT2D eigenvalue weighted by atomic mass is 9.85. The van der Waals surface area contributed by atoms with Gasteiger partial charge in [0.25, 0.3) is 0 Å². The number of para-hydroxylation sites is 1. The van der Waals surface area contributed by atoms with Crippen LogP contribution in [-0.4, -0.2) is 4.57 Å². The predicted octanol–water partition coefficient (Wildman–Crippen LogP) is 22.2. The first-order valence-electron chi connectivity index (χ1n) is 28.2. The minimum atomic E-state index is 1.07. The van der Waals surface area contributed by atoms with Crippen molar-refractivity contribution in [1.29, 1.82) is 0 Å². The molecular weight excluding hydrogens is 989 g/mol. The fourth-order valence-corrected chi connectivity index (χ4v) is 12.6. The van der Waals surface area contributed by atoms with Crippen LogP contribution in [0.4, 0.5) is 17.1 Å². The average Bonchev–Trinajstić information content (AvgIpc) is 3.89. The first kappa shape index (κ1) is 48.3. The number of hydrogen-bond donors (Lipinski definition) is 0. The van der Waals surface area contributed by atoms with Crippen molar-refractivity contribution in [3.63, 3.8) is 0 Å². The van der Waals surface area contributed by atoms with E-state index in [-0.39, 0.29) is 0 Å². The molecule has 2 heteroatoms. The second-order valence-electron chi connectivity index (χ2n) is 21.1. The number of fused-ring (bicyclic) bond motifs is 5. The molecule has 0 fully saturated rings. The number of rotatable bonds is 11. The van der Waals surface area contributed by atoms with E-state index in [1.54, 1.807) is 0 Å². The normalized spacial score (nSPS) is 11.4. The van der Waals surface area contributed by atoms with Gasteiger partial charge in [-0.15, -0.1) is 0 Å². The van der Waals surface area contributed by atoms with Crippen molar-refractivity contribution in [3.05, 3.63) is 328 Å². The highest BCUT2D eigenvalue weighted by Gasteiger charge is 2.21. The number of anilines is 3. The van der Waals surface area contributed by atoms with Crippen molar-refractivity contribution in [1.82, 2.24) is 4.57 Å². The molecule has 2 nitrogen and oxygen atoms in total. The Balaban J connectivity index is 0.836. The Labute approximate surface area is 478 Å². The highest BCUT2D eigenvalue weighted by Crippen LogP contribution is 2.46. The van der Waals surface area contributed by atoms with Crippen LogP contribution >= 0.6 is 0 Å². The highest BCUT2D eigenvalue weighted by molar-refractivity contribution is 6.22. The van der Waals surface area contributed by atoms with E-state index in [0.29, 0.717) is 0 Å². The van der Waals surface area contributed by atoms with Gasteiger partial charge in [0, 0.05) is 33.5 Å². The third-order valence-corrected chi connectivity index (χ3v) is 16.4. The largest absolute Gasteiger partial charge is 0.311 e. The van der Waals surface area contributed by atoms with Gasteiger partial charge in [0.1, 0.15) is 0 Å². The Morgan fingerprint density at radius 3 is 1.00 bits per heavy atom. The molecule has 0 bridgehead atoms. The molecule has 0 radical (unpaired) electrons. The van der Waals surface area contributed by atoms with Gasteiger partial charge in [0.05, 0.1) is 11.0 Å². The molecule has 0 N–H and O–H groups in total. The molecule has 0 amide bonds. The molecular formula is C80H54N2. The van der Waals surface area contributed by atoms with Gasteiger partial charge in [0.2, 0.25) is 0 Å². The quantitative estimate of drug-likeness (QED) is 0.117. The SMILES string of the molecule is c1ccc(-c2ccccc2-c2ccc3c(c2)c2cc(-c4ccccc4-c4ccccc4)ccc2n3-c2ccc(N(c3ccccc3)c3ccc(-c4ccc5c(-c6ccccc6)c6ccccc6c(-c6ccccc6)c5c4)cc3)cc2)cc1. The van der Waals surface area contributed by atoms with Crippen LogP contribution in [0.25, 0.3) is 127 Å². The van der Waals surface area contributed by atoms with Gasteiger partial charge in [-0.1, -0.05) is 249 Å². The van der Waals surface area contributed by atoms with Crippen LogP contribution in [0.5, 0.6) is 0 Å². The summed E-state index contributed by atoms with van der Waals surface area (Å²) >= 11 is 0. The van der Waals surface area contributed by atoms with Crippen molar-refractivity contribution >= 4 is 60.4 Å². The van der Waals surface area contributed by atoms with E-state index >= 15 is 0 Å². The van der Waals surface area contributed by atoms with E-state index < -0.39 is 0 Å². The molecule has 0 atom stereocenters. The van der Waals surface area contributed by atoms with Gasteiger partial charge in [-0.2, -0.15) is 0 Å². The maximum atomic E-state index is 2.44. The third-order valence-electron chi connectivity index (χ3n) is 16.4. The number of benzene rings is 14. The summed E-state index contributed by atoms with van der Waals surface area (Å²) in [6.07, 6.45) is 0. The van der Waals surface area contributed by atoms with Gasteiger partial charge in [-0.25, -0.2) is 0 Å². The Morgan fingerprint density at radius 2 is 0.524 bits per heavy atom. The standard InChI is InChI=1S/C80H54N2/c1-6-22-56(23-7-1)67-32-16-18-34-69(67)61-41-50-77-74(53-61)75-54-62(70-35-19-17-33-68(70)57-24-8-2-9-25-57)42-51-78(75)82(77)66-47-45-65(46-48-66)81(63-30-14-5-15-31-63)64-43-38-55(39-44-64)60-40-49-73-76(52-60)80(59-28-12-4-13-29-59)72-37-21-20-36-71(72)79(73)58-26-10-3-11-27-58/h1-54H. The van der Waals surface area contributed by atoms with E-state index in [2.05, 4.69) is 337 Å². The highest BCUT2D eigenvalue weighted by atomic mass is 15.1. The van der Waals surface area contributed by atoms with Gasteiger partial charge < -0.3 is 9.47 Å². The van der Waals surface area contributed by atoms with E-state index in [1.807, 2.05) is 0 Å². The first-order valence-corrected chi connectivity index (χ1v) is 28.2. The van der Waals surface area contributed by atoms with Crippen molar-refractivity contribution in [2.75, 3.05) is 4.90 Å². The molecule has 0 aliphatic heterocycles. The minimum absolute atomic E-state index is 1.07. The van der Waals surface area contributed by atoms with Gasteiger partial charge in [-0.3, -0.25) is 0 Å². The van der Waals surface area contributed by atoms with Gasteiger partial charge in [0.15, 0.2) is 0 Å². The van der Waals surface area contributed by atoms with Crippen LogP contribution in [0, 0.1) is 0 Å². The fraction of sp³-hybridized carbons (Fsp3) is 0. The second kappa shape index (κ2) is 20.8. The molecule has 15 aromatic rings. The summed E-state index contributed by atoms with van der Waals surface area (Å²) in [4.78, 5) is 2.36. The lowest BCUT2D eigenvalue weighted by Gasteiger charge is -2.26. The lowest BCUT2D eigenvalue weighted by Crippen LogP contribution is -2.10. The minimum Gasteiger partial charge on any atom is -0.311 e. The molecule has 15 rings (SSSR count). The number of aromatic nitrogens is 1. The average molecular weight is 1040 g/mol. The molecule has 82 heavy (non-hydrogen) atoms. The molecule has 0 saturated heterocycles. The van der Waals surface area contributed by atoms with Crippen LogP contribution in [0.2, 0.25) is 0 Å². The summed E-state index contributed by atoms with van der Waals surface area (Å²) in [6, 6.07) is 120. The Kier molecular flexibility index (Phi) is 12.2.